The number of carbonyl (C=O) groups is 1. The third-order valence-corrected chi connectivity index (χ3v) is 2.79. The van der Waals surface area contributed by atoms with E-state index in [1.807, 2.05) is 12.3 Å². The van der Waals surface area contributed by atoms with Crippen LogP contribution in [-0.2, 0) is 20.7 Å². The van der Waals surface area contributed by atoms with Gasteiger partial charge in [-0.25, -0.2) is 4.98 Å². The van der Waals surface area contributed by atoms with Crippen molar-refractivity contribution in [3.05, 3.63) is 11.1 Å². The quantitative estimate of drug-likeness (QED) is 0.754. The second kappa shape index (κ2) is 7.24. The molecule has 1 N–H and O–H groups in total. The fraction of sp³-hybridized carbons (Fsp3) is 0.636. The molecule has 0 fully saturated rings. The van der Waals surface area contributed by atoms with Gasteiger partial charge in [0.1, 0.15) is 0 Å². The minimum atomic E-state index is -0.241. The normalized spacial score (nSPS) is 12.2. The highest BCUT2D eigenvalue weighted by molar-refractivity contribution is 7.13. The second-order valence-electron chi connectivity index (χ2n) is 3.63. The number of nitrogens with one attached hydrogen (secondary N) is 1. The number of methoxy groups -OCH3 is 1. The minimum absolute atomic E-state index is 0.196. The summed E-state index contributed by atoms with van der Waals surface area (Å²) < 4.78 is 9.88. The Labute approximate surface area is 105 Å². The number of thiazole rings is 1. The first-order chi connectivity index (χ1) is 8.15. The third kappa shape index (κ3) is 5.14. The van der Waals surface area contributed by atoms with E-state index in [4.69, 9.17) is 9.47 Å². The molecular formula is C11H18N2O3S. The Morgan fingerprint density at radius 2 is 2.41 bits per heavy atom. The van der Waals surface area contributed by atoms with Crippen molar-refractivity contribution in [1.82, 2.24) is 4.98 Å². The zero-order chi connectivity index (χ0) is 12.7. The van der Waals surface area contributed by atoms with Crippen molar-refractivity contribution in [3.63, 3.8) is 0 Å². The van der Waals surface area contributed by atoms with E-state index < -0.39 is 0 Å². The van der Waals surface area contributed by atoms with Crippen LogP contribution in [0.2, 0.25) is 0 Å². The van der Waals surface area contributed by atoms with Crippen LogP contribution < -0.4 is 5.32 Å². The lowest BCUT2D eigenvalue weighted by Gasteiger charge is -2.10. The molecule has 0 radical (unpaired) electrons. The van der Waals surface area contributed by atoms with Crippen molar-refractivity contribution in [2.75, 3.05) is 25.6 Å². The first-order valence-electron chi connectivity index (χ1n) is 5.51. The number of ether oxygens (including phenoxy) is 2. The molecule has 1 aromatic rings. The van der Waals surface area contributed by atoms with Gasteiger partial charge in [-0.05, 0) is 13.8 Å². The van der Waals surface area contributed by atoms with Crippen molar-refractivity contribution in [3.8, 4) is 0 Å². The lowest BCUT2D eigenvalue weighted by molar-refractivity contribution is -0.142. The summed E-state index contributed by atoms with van der Waals surface area (Å²) in [5.41, 5.74) is 0.737. The average molecular weight is 258 g/mol. The summed E-state index contributed by atoms with van der Waals surface area (Å²) in [6.07, 6.45) is 0.227. The molecule has 1 aromatic heterocycles. The van der Waals surface area contributed by atoms with E-state index in [0.29, 0.717) is 13.2 Å². The minimum Gasteiger partial charge on any atom is -0.466 e. The topological polar surface area (TPSA) is 60.5 Å². The second-order valence-corrected chi connectivity index (χ2v) is 4.48. The molecule has 1 atom stereocenters. The summed E-state index contributed by atoms with van der Waals surface area (Å²) in [5.74, 6) is -0.241. The fourth-order valence-electron chi connectivity index (χ4n) is 1.32. The molecule has 0 aromatic carbocycles. The van der Waals surface area contributed by atoms with Crippen LogP contribution in [0.15, 0.2) is 5.38 Å². The first kappa shape index (κ1) is 13.9. The fourth-order valence-corrected chi connectivity index (χ4v) is 2.14. The molecule has 0 spiro atoms. The Morgan fingerprint density at radius 1 is 1.65 bits per heavy atom. The number of anilines is 1. The maximum atomic E-state index is 11.2. The van der Waals surface area contributed by atoms with E-state index in [0.717, 1.165) is 10.8 Å². The van der Waals surface area contributed by atoms with Gasteiger partial charge in [0, 0.05) is 18.5 Å². The monoisotopic (exact) mass is 258 g/mol. The van der Waals surface area contributed by atoms with Gasteiger partial charge in [0.2, 0.25) is 0 Å². The van der Waals surface area contributed by atoms with Gasteiger partial charge in [0.25, 0.3) is 0 Å². The Balaban J connectivity index is 2.45. The summed E-state index contributed by atoms with van der Waals surface area (Å²) in [6, 6.07) is 0.196. The summed E-state index contributed by atoms with van der Waals surface area (Å²) in [6.45, 7) is 4.82. The van der Waals surface area contributed by atoms with Crippen LogP contribution in [0.25, 0.3) is 0 Å². The molecule has 0 saturated carbocycles. The number of hydrogen-bond donors (Lipinski definition) is 1. The molecule has 1 heterocycles. The number of hydrogen-bond acceptors (Lipinski definition) is 6. The van der Waals surface area contributed by atoms with E-state index >= 15 is 0 Å². The van der Waals surface area contributed by atoms with Crippen LogP contribution in [-0.4, -0.2) is 37.3 Å². The number of rotatable bonds is 7. The molecule has 0 aliphatic rings. The van der Waals surface area contributed by atoms with Crippen LogP contribution in [0.5, 0.6) is 0 Å². The largest absolute Gasteiger partial charge is 0.466 e. The highest BCUT2D eigenvalue weighted by Gasteiger charge is 2.09. The number of nitrogens with zero attached hydrogens (tertiary/aromatic N) is 1. The van der Waals surface area contributed by atoms with Gasteiger partial charge in [0.05, 0.1) is 25.3 Å². The van der Waals surface area contributed by atoms with E-state index in [-0.39, 0.29) is 18.4 Å². The molecule has 1 rings (SSSR count). The zero-order valence-corrected chi connectivity index (χ0v) is 11.2. The van der Waals surface area contributed by atoms with Crippen molar-refractivity contribution in [2.45, 2.75) is 26.3 Å². The highest BCUT2D eigenvalue weighted by atomic mass is 32.1. The predicted molar refractivity (Wildman–Crippen MR) is 67.4 cm³/mol. The Bertz CT molecular complexity index is 354. The van der Waals surface area contributed by atoms with Crippen LogP contribution in [0.3, 0.4) is 0 Å². The van der Waals surface area contributed by atoms with Crippen LogP contribution in [0.1, 0.15) is 19.5 Å². The maximum Gasteiger partial charge on any atom is 0.311 e. The van der Waals surface area contributed by atoms with Gasteiger partial charge >= 0.3 is 5.97 Å². The predicted octanol–water partition coefficient (Wildman–Crippen LogP) is 1.70. The number of carbonyl (C=O) groups excluding carboxylic acids is 1. The summed E-state index contributed by atoms with van der Waals surface area (Å²) >= 11 is 1.48. The zero-order valence-electron chi connectivity index (χ0n) is 10.4. The van der Waals surface area contributed by atoms with Gasteiger partial charge in [0.15, 0.2) is 5.13 Å². The molecule has 5 nitrogen and oxygen atoms in total. The number of aromatic nitrogens is 1. The van der Waals surface area contributed by atoms with Crippen LogP contribution in [0, 0.1) is 0 Å². The van der Waals surface area contributed by atoms with Crippen molar-refractivity contribution >= 4 is 22.4 Å². The number of esters is 1. The molecule has 96 valence electrons. The molecular weight excluding hydrogens is 240 g/mol. The summed E-state index contributed by atoms with van der Waals surface area (Å²) in [5, 5.41) is 5.86. The molecule has 0 bridgehead atoms. The Hall–Kier alpha value is -1.14. The van der Waals surface area contributed by atoms with Crippen LogP contribution >= 0.6 is 11.3 Å². The van der Waals surface area contributed by atoms with Crippen molar-refractivity contribution in [2.24, 2.45) is 0 Å². The van der Waals surface area contributed by atoms with E-state index in [2.05, 4.69) is 10.3 Å². The molecule has 17 heavy (non-hydrogen) atoms. The van der Waals surface area contributed by atoms with Gasteiger partial charge in [-0.1, -0.05) is 0 Å². The standard InChI is InChI=1S/C11H18N2O3S/c1-4-16-10(14)5-9-7-17-11(13-9)12-8(2)6-15-3/h7-8H,4-6H2,1-3H3,(H,12,13). The highest BCUT2D eigenvalue weighted by Crippen LogP contribution is 2.17. The lowest BCUT2D eigenvalue weighted by Crippen LogP contribution is -2.20. The summed E-state index contributed by atoms with van der Waals surface area (Å²) in [4.78, 5) is 15.6. The van der Waals surface area contributed by atoms with E-state index in [9.17, 15) is 4.79 Å². The molecule has 1 unspecified atom stereocenters. The maximum absolute atomic E-state index is 11.2. The molecule has 0 aliphatic heterocycles. The first-order valence-corrected chi connectivity index (χ1v) is 6.39. The van der Waals surface area contributed by atoms with Gasteiger partial charge < -0.3 is 14.8 Å². The van der Waals surface area contributed by atoms with Gasteiger partial charge in [-0.2, -0.15) is 0 Å². The molecule has 0 saturated heterocycles. The van der Waals surface area contributed by atoms with Gasteiger partial charge in [-0.15, -0.1) is 11.3 Å². The Kier molecular flexibility index (Phi) is 5.93. The van der Waals surface area contributed by atoms with E-state index in [1.54, 1.807) is 14.0 Å². The summed E-state index contributed by atoms with van der Waals surface area (Å²) in [7, 11) is 1.66. The van der Waals surface area contributed by atoms with Crippen molar-refractivity contribution in [1.29, 1.82) is 0 Å². The lowest BCUT2D eigenvalue weighted by atomic mass is 10.3. The smallest absolute Gasteiger partial charge is 0.311 e. The Morgan fingerprint density at radius 3 is 3.06 bits per heavy atom. The third-order valence-electron chi connectivity index (χ3n) is 1.97. The average Bonchev–Trinajstić information content (AvgIpc) is 2.66. The SMILES string of the molecule is CCOC(=O)Cc1csc(NC(C)COC)n1. The van der Waals surface area contributed by atoms with Crippen molar-refractivity contribution < 1.29 is 14.3 Å². The molecule has 6 heteroatoms. The van der Waals surface area contributed by atoms with Crippen LogP contribution in [0.4, 0.5) is 5.13 Å². The van der Waals surface area contributed by atoms with E-state index in [1.165, 1.54) is 11.3 Å². The molecule has 0 amide bonds. The molecule has 0 aliphatic carbocycles. The van der Waals surface area contributed by atoms with Gasteiger partial charge in [-0.3, -0.25) is 4.79 Å².